The van der Waals surface area contributed by atoms with Crippen LogP contribution in [0.1, 0.15) is 18.4 Å². The predicted octanol–water partition coefficient (Wildman–Crippen LogP) is 3.04. The van der Waals surface area contributed by atoms with Gasteiger partial charge in [0.1, 0.15) is 17.3 Å². The van der Waals surface area contributed by atoms with Crippen molar-refractivity contribution >= 4 is 29.2 Å². The summed E-state index contributed by atoms with van der Waals surface area (Å²) in [4.78, 5) is 24.7. The number of anilines is 2. The fourth-order valence-corrected chi connectivity index (χ4v) is 3.02. The molecule has 0 aliphatic carbocycles. The van der Waals surface area contributed by atoms with Gasteiger partial charge in [0.2, 0.25) is 0 Å². The number of nitrogens with one attached hydrogen (secondary N) is 2. The van der Waals surface area contributed by atoms with Gasteiger partial charge in [-0.2, -0.15) is 5.10 Å². The van der Waals surface area contributed by atoms with Crippen molar-refractivity contribution < 1.29 is 18.5 Å². The highest BCUT2D eigenvalue weighted by atomic mass is 19.1. The van der Waals surface area contributed by atoms with E-state index in [-0.39, 0.29) is 17.9 Å². The Labute approximate surface area is 165 Å². The minimum atomic E-state index is -0.813. The lowest BCUT2D eigenvalue weighted by atomic mass is 10.1. The molecule has 29 heavy (non-hydrogen) atoms. The van der Waals surface area contributed by atoms with E-state index < -0.39 is 22.5 Å². The molecule has 152 valence electrons. The van der Waals surface area contributed by atoms with E-state index in [1.165, 1.54) is 18.3 Å². The van der Waals surface area contributed by atoms with Gasteiger partial charge in [-0.15, -0.1) is 0 Å². The molecule has 0 spiro atoms. The van der Waals surface area contributed by atoms with Gasteiger partial charge < -0.3 is 10.2 Å². The summed E-state index contributed by atoms with van der Waals surface area (Å²) in [7, 11) is 0. The van der Waals surface area contributed by atoms with E-state index in [9.17, 15) is 23.7 Å². The van der Waals surface area contributed by atoms with Crippen molar-refractivity contribution in [1.29, 1.82) is 0 Å². The summed E-state index contributed by atoms with van der Waals surface area (Å²) in [5.41, 5.74) is 3.23. The molecule has 1 saturated heterocycles. The van der Waals surface area contributed by atoms with Gasteiger partial charge in [0.25, 0.3) is 11.6 Å². The Hall–Kier alpha value is -3.56. The van der Waals surface area contributed by atoms with E-state index >= 15 is 0 Å². The first-order valence-electron chi connectivity index (χ1n) is 8.98. The lowest BCUT2D eigenvalue weighted by molar-refractivity contribution is -0.384. The molecule has 2 aromatic rings. The van der Waals surface area contributed by atoms with Crippen molar-refractivity contribution in [3.05, 3.63) is 63.7 Å². The average molecular weight is 403 g/mol. The summed E-state index contributed by atoms with van der Waals surface area (Å²) < 4.78 is 26.4. The summed E-state index contributed by atoms with van der Waals surface area (Å²) in [6.07, 6.45) is 3.29. The van der Waals surface area contributed by atoms with Gasteiger partial charge in [0, 0.05) is 30.8 Å². The van der Waals surface area contributed by atoms with Gasteiger partial charge in [-0.05, 0) is 31.0 Å². The highest BCUT2D eigenvalue weighted by Crippen LogP contribution is 2.31. The number of hydrogen-bond donors (Lipinski definition) is 2. The van der Waals surface area contributed by atoms with Crippen LogP contribution in [0.5, 0.6) is 0 Å². The maximum Gasteiger partial charge on any atom is 0.293 e. The number of hydrazone groups is 1. The summed E-state index contributed by atoms with van der Waals surface area (Å²) in [5.74, 6) is -2.09. The van der Waals surface area contributed by atoms with Crippen molar-refractivity contribution in [1.82, 2.24) is 5.43 Å². The van der Waals surface area contributed by atoms with Crippen LogP contribution < -0.4 is 15.6 Å². The molecule has 1 heterocycles. The number of amides is 1. The second-order valence-electron chi connectivity index (χ2n) is 6.47. The molecule has 3 rings (SSSR count). The molecular weight excluding hydrogens is 384 g/mol. The van der Waals surface area contributed by atoms with Crippen LogP contribution >= 0.6 is 0 Å². The Balaban J connectivity index is 1.58. The van der Waals surface area contributed by atoms with Crippen molar-refractivity contribution in [3.8, 4) is 0 Å². The van der Waals surface area contributed by atoms with Crippen molar-refractivity contribution in [2.75, 3.05) is 29.9 Å². The smallest absolute Gasteiger partial charge is 0.293 e. The van der Waals surface area contributed by atoms with Gasteiger partial charge in [0.05, 0.1) is 23.4 Å². The minimum absolute atomic E-state index is 0.0151. The third kappa shape index (κ3) is 5.24. The molecule has 1 fully saturated rings. The number of halogens is 2. The van der Waals surface area contributed by atoms with Crippen molar-refractivity contribution in [2.45, 2.75) is 12.8 Å². The largest absolute Gasteiger partial charge is 0.374 e. The molecule has 8 nitrogen and oxygen atoms in total. The molecule has 0 atom stereocenters. The molecule has 0 radical (unpaired) electrons. The number of benzene rings is 2. The first-order valence-corrected chi connectivity index (χ1v) is 8.98. The quantitative estimate of drug-likeness (QED) is 0.421. The van der Waals surface area contributed by atoms with Crippen LogP contribution in [-0.2, 0) is 4.79 Å². The van der Waals surface area contributed by atoms with E-state index in [2.05, 4.69) is 15.8 Å². The van der Waals surface area contributed by atoms with Crippen LogP contribution in [0.25, 0.3) is 0 Å². The van der Waals surface area contributed by atoms with E-state index in [1.54, 1.807) is 12.1 Å². The predicted molar refractivity (Wildman–Crippen MR) is 105 cm³/mol. The maximum atomic E-state index is 13.5. The third-order valence-corrected chi connectivity index (χ3v) is 4.42. The minimum Gasteiger partial charge on any atom is -0.374 e. The van der Waals surface area contributed by atoms with Crippen LogP contribution in [-0.4, -0.2) is 36.7 Å². The van der Waals surface area contributed by atoms with Gasteiger partial charge in [-0.1, -0.05) is 6.07 Å². The monoisotopic (exact) mass is 403 g/mol. The molecule has 0 bridgehead atoms. The Kier molecular flexibility index (Phi) is 6.32. The Morgan fingerprint density at radius 2 is 1.97 bits per heavy atom. The third-order valence-electron chi connectivity index (χ3n) is 4.42. The first kappa shape index (κ1) is 20.2. The normalized spacial score (nSPS) is 13.7. The number of nitrogens with zero attached hydrogens (tertiary/aromatic N) is 3. The summed E-state index contributed by atoms with van der Waals surface area (Å²) >= 11 is 0. The SMILES string of the molecule is O=C(CNc1ccc(F)cc1F)N/N=C\c1ccc(N2CCCC2)c([N+](=O)[O-])c1. The summed E-state index contributed by atoms with van der Waals surface area (Å²) in [5, 5.41) is 17.7. The highest BCUT2D eigenvalue weighted by molar-refractivity contribution is 5.86. The number of carbonyl (C=O) groups excluding carboxylic acids is 1. The summed E-state index contributed by atoms with van der Waals surface area (Å²) in [6.45, 7) is 1.28. The van der Waals surface area contributed by atoms with Crippen LogP contribution in [0.4, 0.5) is 25.8 Å². The lowest BCUT2D eigenvalue weighted by Crippen LogP contribution is -2.26. The molecule has 1 aliphatic heterocycles. The number of carbonyl (C=O) groups is 1. The zero-order valence-corrected chi connectivity index (χ0v) is 15.4. The molecule has 0 aromatic heterocycles. The number of rotatable bonds is 7. The van der Waals surface area contributed by atoms with Gasteiger partial charge in [0.15, 0.2) is 0 Å². The second-order valence-corrected chi connectivity index (χ2v) is 6.47. The molecule has 0 saturated carbocycles. The Bertz CT molecular complexity index is 945. The summed E-state index contributed by atoms with van der Waals surface area (Å²) in [6, 6.07) is 7.71. The Morgan fingerprint density at radius 3 is 2.66 bits per heavy atom. The van der Waals surface area contributed by atoms with Crippen LogP contribution in [0.2, 0.25) is 0 Å². The molecule has 1 aliphatic rings. The fourth-order valence-electron chi connectivity index (χ4n) is 3.02. The van der Waals surface area contributed by atoms with E-state index in [1.807, 2.05) is 4.90 Å². The van der Waals surface area contributed by atoms with Crippen LogP contribution in [0.3, 0.4) is 0 Å². The molecule has 10 heteroatoms. The van der Waals surface area contributed by atoms with Gasteiger partial charge in [-0.3, -0.25) is 14.9 Å². The lowest BCUT2D eigenvalue weighted by Gasteiger charge is -2.17. The molecular formula is C19H19F2N5O3. The zero-order chi connectivity index (χ0) is 20.8. The van der Waals surface area contributed by atoms with E-state index in [4.69, 9.17) is 0 Å². The van der Waals surface area contributed by atoms with Crippen molar-refractivity contribution in [3.63, 3.8) is 0 Å². The van der Waals surface area contributed by atoms with Crippen LogP contribution in [0.15, 0.2) is 41.5 Å². The Morgan fingerprint density at radius 1 is 1.21 bits per heavy atom. The molecule has 2 N–H and O–H groups in total. The number of nitro groups is 1. The molecule has 0 unspecified atom stereocenters. The average Bonchev–Trinajstić information content (AvgIpc) is 3.22. The standard InChI is InChI=1S/C19H19F2N5O3/c20-14-4-5-16(15(21)10-14)22-12-19(27)24-23-11-13-3-6-17(18(9-13)26(28)29)25-7-1-2-8-25/h3-6,9-11,22H,1-2,7-8,12H2,(H,24,27)/b23-11-. The highest BCUT2D eigenvalue weighted by Gasteiger charge is 2.22. The second kappa shape index (κ2) is 9.09. The molecule has 1 amide bonds. The zero-order valence-electron chi connectivity index (χ0n) is 15.4. The fraction of sp³-hybridized carbons (Fsp3) is 0.263. The van der Waals surface area contributed by atoms with E-state index in [0.717, 1.165) is 32.0 Å². The van der Waals surface area contributed by atoms with Gasteiger partial charge >= 0.3 is 0 Å². The number of nitro benzene ring substituents is 1. The van der Waals surface area contributed by atoms with Crippen LogP contribution in [0, 0.1) is 21.7 Å². The topological polar surface area (TPSA) is 99.9 Å². The number of hydrogen-bond acceptors (Lipinski definition) is 6. The molecule has 2 aromatic carbocycles. The van der Waals surface area contributed by atoms with Gasteiger partial charge in [-0.25, -0.2) is 14.2 Å². The first-order chi connectivity index (χ1) is 13.9. The maximum absolute atomic E-state index is 13.5. The van der Waals surface area contributed by atoms with E-state index in [0.29, 0.717) is 17.3 Å². The van der Waals surface area contributed by atoms with Crippen molar-refractivity contribution in [2.24, 2.45) is 5.10 Å².